The summed E-state index contributed by atoms with van der Waals surface area (Å²) < 4.78 is 58.0. The second kappa shape index (κ2) is 8.46. The number of likely N-dealkylation sites (N-methyl/N-ethyl adjacent to an activating group) is 1. The van der Waals surface area contributed by atoms with E-state index in [4.69, 9.17) is 4.52 Å². The number of anilines is 1. The lowest BCUT2D eigenvalue weighted by Crippen LogP contribution is -2.35. The van der Waals surface area contributed by atoms with Crippen molar-refractivity contribution in [3.8, 4) is 0 Å². The fraction of sp³-hybridized carbons (Fsp3) is 0.444. The zero-order valence-electron chi connectivity index (χ0n) is 17.0. The molecule has 1 aliphatic heterocycles. The zero-order chi connectivity index (χ0) is 22.1. The molecule has 10 nitrogen and oxygen atoms in total. The first-order chi connectivity index (χ1) is 14.0. The van der Waals surface area contributed by atoms with Gasteiger partial charge in [-0.25, -0.2) is 16.8 Å². The molecule has 0 spiro atoms. The minimum Gasteiger partial charge on any atom is -0.360 e. The molecule has 0 aliphatic carbocycles. The van der Waals surface area contributed by atoms with Crippen molar-refractivity contribution in [2.45, 2.75) is 36.5 Å². The minimum atomic E-state index is -3.97. The van der Waals surface area contributed by atoms with E-state index < -0.39 is 32.5 Å². The van der Waals surface area contributed by atoms with Crippen molar-refractivity contribution in [2.24, 2.45) is 0 Å². The van der Waals surface area contributed by atoms with Crippen LogP contribution >= 0.6 is 0 Å². The van der Waals surface area contributed by atoms with Gasteiger partial charge in [0.05, 0.1) is 11.4 Å². The minimum absolute atomic E-state index is 0.0727. The number of hydrogen-bond acceptors (Lipinski definition) is 7. The van der Waals surface area contributed by atoms with E-state index in [1.54, 1.807) is 6.07 Å². The van der Waals surface area contributed by atoms with E-state index in [2.05, 4.69) is 10.5 Å². The predicted molar refractivity (Wildman–Crippen MR) is 109 cm³/mol. The number of nitrogens with one attached hydrogen (secondary N) is 1. The summed E-state index contributed by atoms with van der Waals surface area (Å²) in [5.74, 6) is -0.469. The van der Waals surface area contributed by atoms with Crippen molar-refractivity contribution in [1.82, 2.24) is 13.8 Å². The Kier molecular flexibility index (Phi) is 6.32. The lowest BCUT2D eigenvalue weighted by molar-refractivity contribution is -0.116. The number of rotatable bonds is 7. The van der Waals surface area contributed by atoms with Gasteiger partial charge in [0.15, 0.2) is 5.76 Å². The predicted octanol–water partition coefficient (Wildman–Crippen LogP) is 1.34. The molecule has 0 saturated carbocycles. The largest absolute Gasteiger partial charge is 0.360 e. The van der Waals surface area contributed by atoms with Crippen LogP contribution in [0.3, 0.4) is 0 Å². The molecular formula is C18H24N4O6S2. The average molecular weight is 457 g/mol. The summed E-state index contributed by atoms with van der Waals surface area (Å²) in [6.45, 7) is 3.47. The Morgan fingerprint density at radius 2 is 1.87 bits per heavy atom. The summed E-state index contributed by atoms with van der Waals surface area (Å²) in [5.41, 5.74) is 0.475. The van der Waals surface area contributed by atoms with E-state index in [9.17, 15) is 21.6 Å². The average Bonchev–Trinajstić information content (AvgIpc) is 3.32. The quantitative estimate of drug-likeness (QED) is 0.665. The van der Waals surface area contributed by atoms with E-state index in [1.165, 1.54) is 43.4 Å². The van der Waals surface area contributed by atoms with Crippen LogP contribution in [0.15, 0.2) is 38.6 Å². The summed E-state index contributed by atoms with van der Waals surface area (Å²) in [7, 11) is -6.32. The molecule has 0 unspecified atom stereocenters. The number of carbonyl (C=O) groups is 1. The molecule has 1 aliphatic rings. The Balaban J connectivity index is 1.72. The number of benzene rings is 1. The molecule has 1 aromatic carbocycles. The van der Waals surface area contributed by atoms with Gasteiger partial charge in [-0.2, -0.15) is 8.61 Å². The third-order valence-electron chi connectivity index (χ3n) is 4.82. The van der Waals surface area contributed by atoms with Gasteiger partial charge in [-0.15, -0.1) is 0 Å². The first-order valence-electron chi connectivity index (χ1n) is 9.33. The van der Waals surface area contributed by atoms with Crippen molar-refractivity contribution in [2.75, 3.05) is 32.0 Å². The number of carbonyl (C=O) groups excluding carboxylic acids is 1. The van der Waals surface area contributed by atoms with E-state index in [0.717, 1.165) is 17.1 Å². The second-order valence-electron chi connectivity index (χ2n) is 7.10. The lowest BCUT2D eigenvalue weighted by Gasteiger charge is -2.18. The van der Waals surface area contributed by atoms with Gasteiger partial charge in [0, 0.05) is 25.8 Å². The standard InChI is InChI=1S/C18H24N4O6S2/c1-13-18(14(2)28-20-13)30(26,27)21(3)12-17(23)19-15-7-6-8-16(11-15)29(24,25)22-9-4-5-10-22/h6-8,11H,4-5,9-10,12H2,1-3H3,(H,19,23). The van der Waals surface area contributed by atoms with Crippen LogP contribution in [0, 0.1) is 13.8 Å². The first-order valence-corrected chi connectivity index (χ1v) is 12.2. The molecule has 1 fully saturated rings. The van der Waals surface area contributed by atoms with Crippen LogP contribution in [-0.2, 0) is 24.8 Å². The van der Waals surface area contributed by atoms with Crippen molar-refractivity contribution in [3.05, 3.63) is 35.7 Å². The molecule has 12 heteroatoms. The first kappa shape index (κ1) is 22.4. The van der Waals surface area contributed by atoms with Gasteiger partial charge in [0.25, 0.3) is 0 Å². The molecule has 30 heavy (non-hydrogen) atoms. The van der Waals surface area contributed by atoms with Gasteiger partial charge >= 0.3 is 0 Å². The van der Waals surface area contributed by atoms with Crippen molar-refractivity contribution >= 4 is 31.6 Å². The lowest BCUT2D eigenvalue weighted by atomic mass is 10.3. The van der Waals surface area contributed by atoms with Crippen molar-refractivity contribution in [3.63, 3.8) is 0 Å². The van der Waals surface area contributed by atoms with Gasteiger partial charge in [-0.1, -0.05) is 11.2 Å². The molecule has 2 heterocycles. The topological polar surface area (TPSA) is 130 Å². The third-order valence-corrected chi connectivity index (χ3v) is 8.77. The molecule has 1 N–H and O–H groups in total. The van der Waals surface area contributed by atoms with E-state index in [0.29, 0.717) is 13.1 Å². The Morgan fingerprint density at radius 1 is 1.20 bits per heavy atom. The van der Waals surface area contributed by atoms with Crippen LogP contribution in [0.2, 0.25) is 0 Å². The van der Waals surface area contributed by atoms with Gasteiger partial charge in [0.2, 0.25) is 26.0 Å². The molecule has 0 radical (unpaired) electrons. The SMILES string of the molecule is Cc1noc(C)c1S(=O)(=O)N(C)CC(=O)Nc1cccc(S(=O)(=O)N2CCCC2)c1. The molecule has 164 valence electrons. The highest BCUT2D eigenvalue weighted by Crippen LogP contribution is 2.24. The maximum absolute atomic E-state index is 12.7. The van der Waals surface area contributed by atoms with Crippen LogP contribution in [0.4, 0.5) is 5.69 Å². The van der Waals surface area contributed by atoms with Crippen LogP contribution in [-0.4, -0.2) is 63.2 Å². The molecular weight excluding hydrogens is 432 g/mol. The molecule has 3 rings (SSSR count). The van der Waals surface area contributed by atoms with Crippen LogP contribution < -0.4 is 5.32 Å². The van der Waals surface area contributed by atoms with Crippen LogP contribution in [0.25, 0.3) is 0 Å². The summed E-state index contributed by atoms with van der Waals surface area (Å²) in [5, 5.41) is 6.19. The number of sulfonamides is 2. The molecule has 2 aromatic rings. The number of aryl methyl sites for hydroxylation is 2. The van der Waals surface area contributed by atoms with Crippen LogP contribution in [0.5, 0.6) is 0 Å². The highest BCUT2D eigenvalue weighted by Gasteiger charge is 2.30. The van der Waals surface area contributed by atoms with E-state index in [1.807, 2.05) is 0 Å². The monoisotopic (exact) mass is 456 g/mol. The summed E-state index contributed by atoms with van der Waals surface area (Å²) in [6, 6.07) is 5.91. The normalized spacial score (nSPS) is 15.6. The highest BCUT2D eigenvalue weighted by molar-refractivity contribution is 7.89. The second-order valence-corrected chi connectivity index (χ2v) is 11.0. The number of nitrogens with zero attached hydrogens (tertiary/aromatic N) is 3. The third kappa shape index (κ3) is 4.41. The Hall–Kier alpha value is -2.28. The van der Waals surface area contributed by atoms with E-state index in [-0.39, 0.29) is 26.9 Å². The maximum Gasteiger partial charge on any atom is 0.248 e. The smallest absolute Gasteiger partial charge is 0.248 e. The van der Waals surface area contributed by atoms with Gasteiger partial charge < -0.3 is 9.84 Å². The van der Waals surface area contributed by atoms with Gasteiger partial charge in [0.1, 0.15) is 10.6 Å². The summed E-state index contributed by atoms with van der Waals surface area (Å²) in [6.07, 6.45) is 1.64. The summed E-state index contributed by atoms with van der Waals surface area (Å²) in [4.78, 5) is 12.4. The van der Waals surface area contributed by atoms with E-state index >= 15 is 0 Å². The number of aromatic nitrogens is 1. The molecule has 1 amide bonds. The highest BCUT2D eigenvalue weighted by atomic mass is 32.2. The Labute approximate surface area is 175 Å². The molecule has 1 saturated heterocycles. The zero-order valence-corrected chi connectivity index (χ0v) is 18.6. The summed E-state index contributed by atoms with van der Waals surface area (Å²) >= 11 is 0. The molecule has 0 bridgehead atoms. The van der Waals surface area contributed by atoms with Crippen LogP contribution in [0.1, 0.15) is 24.3 Å². The Bertz CT molecular complexity index is 1130. The fourth-order valence-corrected chi connectivity index (χ4v) is 6.27. The molecule has 0 atom stereocenters. The van der Waals surface area contributed by atoms with Crippen molar-refractivity contribution in [1.29, 1.82) is 0 Å². The van der Waals surface area contributed by atoms with Gasteiger partial charge in [-0.3, -0.25) is 4.79 Å². The number of amides is 1. The molecule has 1 aromatic heterocycles. The maximum atomic E-state index is 12.7. The van der Waals surface area contributed by atoms with Gasteiger partial charge in [-0.05, 0) is 44.9 Å². The fourth-order valence-electron chi connectivity index (χ4n) is 3.30. The van der Waals surface area contributed by atoms with Crippen molar-refractivity contribution < 1.29 is 26.2 Å². The Morgan fingerprint density at radius 3 is 2.47 bits per heavy atom. The number of hydrogen-bond donors (Lipinski definition) is 1.